The first-order chi connectivity index (χ1) is 6.65. The Morgan fingerprint density at radius 2 is 2.07 bits per heavy atom. The highest BCUT2D eigenvalue weighted by molar-refractivity contribution is 5.76. The highest BCUT2D eigenvalue weighted by Gasteiger charge is 2.31. The zero-order chi connectivity index (χ0) is 10.6. The number of carboxylic acids is 1. The number of carbonyl (C=O) groups is 2. The van der Waals surface area contributed by atoms with Crippen LogP contribution < -0.4 is 5.32 Å². The van der Waals surface area contributed by atoms with Crippen molar-refractivity contribution in [2.24, 2.45) is 11.8 Å². The van der Waals surface area contributed by atoms with Crippen LogP contribution in [-0.2, 0) is 14.3 Å². The molecular weight excluding hydrogens is 186 g/mol. The van der Waals surface area contributed by atoms with Crippen molar-refractivity contribution in [3.63, 3.8) is 0 Å². The zero-order valence-electron chi connectivity index (χ0n) is 8.16. The smallest absolute Gasteiger partial charge is 0.310 e. The van der Waals surface area contributed by atoms with Crippen molar-refractivity contribution in [2.75, 3.05) is 19.7 Å². The number of hydrogen-bond acceptors (Lipinski definition) is 4. The third-order valence-corrected chi connectivity index (χ3v) is 2.32. The van der Waals surface area contributed by atoms with E-state index in [1.165, 1.54) is 0 Å². The van der Waals surface area contributed by atoms with Crippen LogP contribution in [0.4, 0.5) is 0 Å². The van der Waals surface area contributed by atoms with Gasteiger partial charge in [0, 0.05) is 13.1 Å². The molecule has 1 fully saturated rings. The Bertz CT molecular complexity index is 229. The van der Waals surface area contributed by atoms with Gasteiger partial charge in [-0.1, -0.05) is 0 Å². The molecule has 1 rings (SSSR count). The van der Waals surface area contributed by atoms with Crippen molar-refractivity contribution in [1.82, 2.24) is 5.32 Å². The van der Waals surface area contributed by atoms with Gasteiger partial charge in [0.2, 0.25) is 0 Å². The number of carboxylic acid groups (broad SMARTS) is 1. The fourth-order valence-corrected chi connectivity index (χ4v) is 1.57. The third-order valence-electron chi connectivity index (χ3n) is 2.32. The molecule has 0 bridgehead atoms. The van der Waals surface area contributed by atoms with Gasteiger partial charge in [-0.15, -0.1) is 0 Å². The maximum absolute atomic E-state index is 11.3. The van der Waals surface area contributed by atoms with Crippen molar-refractivity contribution < 1.29 is 19.4 Å². The Kier molecular flexibility index (Phi) is 3.88. The van der Waals surface area contributed by atoms with Crippen molar-refractivity contribution in [1.29, 1.82) is 0 Å². The van der Waals surface area contributed by atoms with E-state index in [1.807, 2.05) is 0 Å². The topological polar surface area (TPSA) is 75.6 Å². The molecule has 1 saturated heterocycles. The number of aliphatic carboxylic acids is 1. The van der Waals surface area contributed by atoms with E-state index in [4.69, 9.17) is 9.84 Å². The normalized spacial score (nSPS) is 26.9. The van der Waals surface area contributed by atoms with Crippen LogP contribution in [0.3, 0.4) is 0 Å². The Labute approximate surface area is 82.4 Å². The van der Waals surface area contributed by atoms with Gasteiger partial charge in [0.05, 0.1) is 18.4 Å². The Balaban J connectivity index is 2.47. The van der Waals surface area contributed by atoms with Gasteiger partial charge in [-0.05, 0) is 13.3 Å². The fourth-order valence-electron chi connectivity index (χ4n) is 1.57. The molecule has 1 aliphatic heterocycles. The van der Waals surface area contributed by atoms with Crippen LogP contribution in [0, 0.1) is 11.8 Å². The van der Waals surface area contributed by atoms with Gasteiger partial charge >= 0.3 is 11.9 Å². The maximum Gasteiger partial charge on any atom is 0.310 e. The first-order valence-electron chi connectivity index (χ1n) is 4.75. The van der Waals surface area contributed by atoms with Crippen molar-refractivity contribution in [2.45, 2.75) is 13.3 Å². The van der Waals surface area contributed by atoms with E-state index in [0.29, 0.717) is 26.1 Å². The van der Waals surface area contributed by atoms with Crippen LogP contribution >= 0.6 is 0 Å². The summed E-state index contributed by atoms with van der Waals surface area (Å²) in [5, 5.41) is 11.7. The molecule has 0 aromatic rings. The van der Waals surface area contributed by atoms with Crippen molar-refractivity contribution in [3.05, 3.63) is 0 Å². The Morgan fingerprint density at radius 1 is 1.43 bits per heavy atom. The summed E-state index contributed by atoms with van der Waals surface area (Å²) in [6.07, 6.45) is 0.376. The number of carbonyl (C=O) groups excluding carboxylic acids is 1. The largest absolute Gasteiger partial charge is 0.481 e. The average molecular weight is 201 g/mol. The van der Waals surface area contributed by atoms with E-state index in [1.54, 1.807) is 6.92 Å². The Morgan fingerprint density at radius 3 is 2.64 bits per heavy atom. The molecule has 0 aromatic heterocycles. The van der Waals surface area contributed by atoms with Gasteiger partial charge in [-0.3, -0.25) is 9.59 Å². The first kappa shape index (κ1) is 11.0. The second kappa shape index (κ2) is 4.95. The number of hydrogen-bond donors (Lipinski definition) is 2. The lowest BCUT2D eigenvalue weighted by atomic mass is 9.91. The minimum Gasteiger partial charge on any atom is -0.481 e. The van der Waals surface area contributed by atoms with Gasteiger partial charge in [0.25, 0.3) is 0 Å². The molecule has 14 heavy (non-hydrogen) atoms. The zero-order valence-corrected chi connectivity index (χ0v) is 8.16. The standard InChI is InChI=1S/C9H15NO4/c1-2-14-9(13)7-3-6(8(11)12)4-10-5-7/h6-7,10H,2-5H2,1H3,(H,11,12)/t6-,7-/m0/s1. The number of piperidine rings is 1. The fraction of sp³-hybridized carbons (Fsp3) is 0.778. The first-order valence-corrected chi connectivity index (χ1v) is 4.75. The van der Waals surface area contributed by atoms with Crippen LogP contribution in [0.25, 0.3) is 0 Å². The number of ether oxygens (including phenoxy) is 1. The van der Waals surface area contributed by atoms with Crippen LogP contribution in [-0.4, -0.2) is 36.7 Å². The van der Waals surface area contributed by atoms with E-state index < -0.39 is 11.9 Å². The predicted octanol–water partition coefficient (Wildman–Crippen LogP) is -0.140. The molecule has 0 spiro atoms. The molecule has 0 unspecified atom stereocenters. The highest BCUT2D eigenvalue weighted by atomic mass is 16.5. The summed E-state index contributed by atoms with van der Waals surface area (Å²) in [7, 11) is 0. The molecule has 0 aromatic carbocycles. The minimum atomic E-state index is -0.855. The molecule has 2 atom stereocenters. The Hall–Kier alpha value is -1.10. The molecule has 0 saturated carbocycles. The van der Waals surface area contributed by atoms with E-state index in [9.17, 15) is 9.59 Å². The molecule has 0 aliphatic carbocycles. The maximum atomic E-state index is 11.3. The van der Waals surface area contributed by atoms with Crippen LogP contribution in [0.5, 0.6) is 0 Å². The minimum absolute atomic E-state index is 0.300. The SMILES string of the molecule is CCOC(=O)[C@@H]1CNC[C@@H](C(=O)O)C1. The second-order valence-corrected chi connectivity index (χ2v) is 3.38. The van der Waals surface area contributed by atoms with Crippen molar-refractivity contribution in [3.8, 4) is 0 Å². The molecule has 80 valence electrons. The summed E-state index contributed by atoms with van der Waals surface area (Å²) in [5.74, 6) is -1.94. The molecule has 0 radical (unpaired) electrons. The van der Waals surface area contributed by atoms with Crippen LogP contribution in [0.2, 0.25) is 0 Å². The predicted molar refractivity (Wildman–Crippen MR) is 48.7 cm³/mol. The molecule has 1 heterocycles. The number of esters is 1. The van der Waals surface area contributed by atoms with Gasteiger partial charge in [0.15, 0.2) is 0 Å². The lowest BCUT2D eigenvalue weighted by Gasteiger charge is -2.25. The second-order valence-electron chi connectivity index (χ2n) is 3.38. The van der Waals surface area contributed by atoms with E-state index in [2.05, 4.69) is 5.32 Å². The van der Waals surface area contributed by atoms with E-state index in [-0.39, 0.29) is 11.9 Å². The summed E-state index contributed by atoms with van der Waals surface area (Å²) in [6, 6.07) is 0. The molecule has 0 amide bonds. The summed E-state index contributed by atoms with van der Waals surface area (Å²) in [6.45, 7) is 3.03. The number of rotatable bonds is 3. The monoisotopic (exact) mass is 201 g/mol. The lowest BCUT2D eigenvalue weighted by molar-refractivity contribution is -0.151. The summed E-state index contributed by atoms with van der Waals surface area (Å²) < 4.78 is 4.84. The summed E-state index contributed by atoms with van der Waals surface area (Å²) in [5.41, 5.74) is 0. The molecular formula is C9H15NO4. The number of nitrogens with one attached hydrogen (secondary N) is 1. The van der Waals surface area contributed by atoms with Crippen LogP contribution in [0.15, 0.2) is 0 Å². The summed E-state index contributed by atoms with van der Waals surface area (Å²) >= 11 is 0. The van der Waals surface area contributed by atoms with Gasteiger partial charge in [0.1, 0.15) is 0 Å². The quantitative estimate of drug-likeness (QED) is 0.621. The van der Waals surface area contributed by atoms with Crippen LogP contribution in [0.1, 0.15) is 13.3 Å². The van der Waals surface area contributed by atoms with Gasteiger partial charge < -0.3 is 15.2 Å². The molecule has 5 heteroatoms. The highest BCUT2D eigenvalue weighted by Crippen LogP contribution is 2.17. The molecule has 2 N–H and O–H groups in total. The summed E-state index contributed by atoms with van der Waals surface area (Å²) in [4.78, 5) is 22.0. The van der Waals surface area contributed by atoms with Gasteiger partial charge in [-0.25, -0.2) is 0 Å². The third kappa shape index (κ3) is 2.70. The average Bonchev–Trinajstić information content (AvgIpc) is 2.18. The molecule has 1 aliphatic rings. The van der Waals surface area contributed by atoms with Gasteiger partial charge in [-0.2, -0.15) is 0 Å². The van der Waals surface area contributed by atoms with E-state index in [0.717, 1.165) is 0 Å². The van der Waals surface area contributed by atoms with Crippen molar-refractivity contribution >= 4 is 11.9 Å². The lowest BCUT2D eigenvalue weighted by Crippen LogP contribution is -2.43. The molecule has 5 nitrogen and oxygen atoms in total. The van der Waals surface area contributed by atoms with E-state index >= 15 is 0 Å².